The minimum atomic E-state index is -4.44. The van der Waals surface area contributed by atoms with E-state index in [9.17, 15) is 18.0 Å². The highest BCUT2D eigenvalue weighted by atomic mass is 32.1. The van der Waals surface area contributed by atoms with Crippen molar-refractivity contribution in [2.75, 3.05) is 31.2 Å². The van der Waals surface area contributed by atoms with E-state index in [0.717, 1.165) is 18.4 Å². The van der Waals surface area contributed by atoms with E-state index in [1.54, 1.807) is 0 Å². The third kappa shape index (κ3) is 4.87. The van der Waals surface area contributed by atoms with Crippen LogP contribution >= 0.6 is 11.3 Å². The molecule has 1 heterocycles. The molecule has 1 rings (SSSR count). The van der Waals surface area contributed by atoms with Gasteiger partial charge in [-0.3, -0.25) is 4.79 Å². The smallest absolute Gasteiger partial charge is 0.382 e. The molecular formula is C11H17F3N4OS. The maximum atomic E-state index is 12.2. The van der Waals surface area contributed by atoms with Crippen LogP contribution in [0.2, 0.25) is 0 Å². The van der Waals surface area contributed by atoms with E-state index in [1.165, 1.54) is 0 Å². The van der Waals surface area contributed by atoms with Crippen LogP contribution < -0.4 is 11.1 Å². The summed E-state index contributed by atoms with van der Waals surface area (Å²) in [5, 5.41) is 3.41. The Hall–Kier alpha value is -1.51. The van der Waals surface area contributed by atoms with Gasteiger partial charge in [-0.25, -0.2) is 4.98 Å². The maximum Gasteiger partial charge on any atom is 0.406 e. The fraction of sp³-hybridized carbons (Fsp3) is 0.636. The standard InChI is InChI=1S/C11H17F3N4OS/c1-6(2)4-16-10-17-8(15)7(20-10)9(19)18(3)5-11(12,13)14/h6H,4-5,15H2,1-3H3,(H,16,17). The summed E-state index contributed by atoms with van der Waals surface area (Å²) in [5.74, 6) is -0.470. The molecule has 0 saturated heterocycles. The third-order valence-electron chi connectivity index (χ3n) is 2.27. The molecule has 0 unspecified atom stereocenters. The number of nitrogen functional groups attached to an aromatic ring is 1. The van der Waals surface area contributed by atoms with Crippen LogP contribution in [-0.2, 0) is 0 Å². The van der Waals surface area contributed by atoms with Crippen molar-refractivity contribution < 1.29 is 18.0 Å². The fourth-order valence-corrected chi connectivity index (χ4v) is 2.25. The van der Waals surface area contributed by atoms with E-state index in [2.05, 4.69) is 10.3 Å². The molecule has 0 fully saturated rings. The van der Waals surface area contributed by atoms with E-state index in [1.807, 2.05) is 13.8 Å². The molecule has 9 heteroatoms. The number of hydrogen-bond donors (Lipinski definition) is 2. The Morgan fingerprint density at radius 3 is 2.60 bits per heavy atom. The molecule has 0 aliphatic carbocycles. The zero-order chi connectivity index (χ0) is 15.5. The Kier molecular flexibility index (Phi) is 5.21. The highest BCUT2D eigenvalue weighted by molar-refractivity contribution is 7.18. The summed E-state index contributed by atoms with van der Waals surface area (Å²) in [7, 11) is 1.08. The van der Waals surface area contributed by atoms with Crippen LogP contribution in [0.3, 0.4) is 0 Å². The second kappa shape index (κ2) is 6.29. The molecule has 0 radical (unpaired) electrons. The van der Waals surface area contributed by atoms with Gasteiger partial charge in [-0.15, -0.1) is 0 Å². The molecule has 0 aliphatic rings. The van der Waals surface area contributed by atoms with Crippen LogP contribution in [0.25, 0.3) is 0 Å². The van der Waals surface area contributed by atoms with Crippen molar-refractivity contribution in [1.82, 2.24) is 9.88 Å². The predicted molar refractivity (Wildman–Crippen MR) is 72.9 cm³/mol. The van der Waals surface area contributed by atoms with Crippen molar-refractivity contribution in [2.24, 2.45) is 5.92 Å². The number of carbonyl (C=O) groups is 1. The first-order valence-corrected chi connectivity index (χ1v) is 6.74. The maximum absolute atomic E-state index is 12.2. The normalized spacial score (nSPS) is 11.8. The van der Waals surface area contributed by atoms with Gasteiger partial charge in [-0.1, -0.05) is 25.2 Å². The van der Waals surface area contributed by atoms with Crippen LogP contribution in [0.4, 0.5) is 24.1 Å². The Morgan fingerprint density at radius 1 is 1.50 bits per heavy atom. The second-order valence-corrected chi connectivity index (χ2v) is 5.78. The Labute approximate surface area is 119 Å². The largest absolute Gasteiger partial charge is 0.406 e. The van der Waals surface area contributed by atoms with Gasteiger partial charge < -0.3 is 16.0 Å². The molecule has 0 aliphatic heterocycles. The molecule has 3 N–H and O–H groups in total. The van der Waals surface area contributed by atoms with Crippen LogP contribution in [0, 0.1) is 5.92 Å². The van der Waals surface area contributed by atoms with Gasteiger partial charge in [-0.05, 0) is 5.92 Å². The number of carbonyl (C=O) groups excluding carboxylic acids is 1. The van der Waals surface area contributed by atoms with Crippen LogP contribution in [-0.4, -0.2) is 42.1 Å². The van der Waals surface area contributed by atoms with Gasteiger partial charge >= 0.3 is 6.18 Å². The minimum absolute atomic E-state index is 0.0167. The molecule has 5 nitrogen and oxygen atoms in total. The summed E-state index contributed by atoms with van der Waals surface area (Å²) in [6.45, 7) is 3.30. The zero-order valence-corrected chi connectivity index (χ0v) is 12.2. The number of rotatable bonds is 5. The lowest BCUT2D eigenvalue weighted by Crippen LogP contribution is -2.35. The molecule has 0 atom stereocenters. The summed E-state index contributed by atoms with van der Waals surface area (Å²) in [4.78, 5) is 16.4. The number of nitrogens with two attached hydrogens (primary N) is 1. The Balaban J connectivity index is 2.78. The van der Waals surface area contributed by atoms with Crippen molar-refractivity contribution in [3.8, 4) is 0 Å². The van der Waals surface area contributed by atoms with Crippen molar-refractivity contribution in [1.29, 1.82) is 0 Å². The van der Waals surface area contributed by atoms with E-state index in [4.69, 9.17) is 5.73 Å². The SMILES string of the molecule is CC(C)CNc1nc(N)c(C(=O)N(C)CC(F)(F)F)s1. The minimum Gasteiger partial charge on any atom is -0.382 e. The molecular weight excluding hydrogens is 293 g/mol. The highest BCUT2D eigenvalue weighted by Gasteiger charge is 2.32. The number of halogens is 3. The number of aromatic nitrogens is 1. The molecule has 0 saturated carbocycles. The van der Waals surface area contributed by atoms with Crippen LogP contribution in [0.15, 0.2) is 0 Å². The molecule has 20 heavy (non-hydrogen) atoms. The average molecular weight is 310 g/mol. The van der Waals surface area contributed by atoms with Gasteiger partial charge in [0.25, 0.3) is 5.91 Å². The van der Waals surface area contributed by atoms with E-state index >= 15 is 0 Å². The van der Waals surface area contributed by atoms with Gasteiger partial charge in [-0.2, -0.15) is 13.2 Å². The summed E-state index contributed by atoms with van der Waals surface area (Å²) < 4.78 is 36.7. The average Bonchev–Trinajstić information content (AvgIpc) is 2.64. The number of anilines is 2. The van der Waals surface area contributed by atoms with E-state index in [-0.39, 0.29) is 10.7 Å². The summed E-state index contributed by atoms with van der Waals surface area (Å²) in [5.41, 5.74) is 5.58. The van der Waals surface area contributed by atoms with Crippen molar-refractivity contribution >= 4 is 28.2 Å². The molecule has 1 aromatic heterocycles. The highest BCUT2D eigenvalue weighted by Crippen LogP contribution is 2.27. The number of thiazole rings is 1. The number of alkyl halides is 3. The first kappa shape index (κ1) is 16.5. The van der Waals surface area contributed by atoms with Crippen LogP contribution in [0.5, 0.6) is 0 Å². The monoisotopic (exact) mass is 310 g/mol. The Morgan fingerprint density at radius 2 is 2.10 bits per heavy atom. The lowest BCUT2D eigenvalue weighted by molar-refractivity contribution is -0.138. The number of amides is 1. The van der Waals surface area contributed by atoms with Crippen LogP contribution in [0.1, 0.15) is 23.5 Å². The van der Waals surface area contributed by atoms with Gasteiger partial charge in [0.2, 0.25) is 0 Å². The predicted octanol–water partition coefficient (Wildman–Crippen LogP) is 2.43. The topological polar surface area (TPSA) is 71.2 Å². The second-order valence-electron chi connectivity index (χ2n) is 4.78. The number of hydrogen-bond acceptors (Lipinski definition) is 5. The van der Waals surface area contributed by atoms with Gasteiger partial charge in [0.15, 0.2) is 5.13 Å². The molecule has 1 aromatic rings. The van der Waals surface area contributed by atoms with Crippen molar-refractivity contribution in [2.45, 2.75) is 20.0 Å². The first-order valence-electron chi connectivity index (χ1n) is 5.92. The molecule has 1 amide bonds. The summed E-state index contributed by atoms with van der Waals surface area (Å²) >= 11 is 0.958. The lowest BCUT2D eigenvalue weighted by atomic mass is 10.2. The zero-order valence-electron chi connectivity index (χ0n) is 11.4. The Bertz CT molecular complexity index is 473. The quantitative estimate of drug-likeness (QED) is 0.876. The third-order valence-corrected chi connectivity index (χ3v) is 3.29. The van der Waals surface area contributed by atoms with Gasteiger partial charge in [0.1, 0.15) is 17.2 Å². The van der Waals surface area contributed by atoms with E-state index in [0.29, 0.717) is 22.5 Å². The van der Waals surface area contributed by atoms with Gasteiger partial charge in [0.05, 0.1) is 0 Å². The lowest BCUT2D eigenvalue weighted by Gasteiger charge is -2.17. The summed E-state index contributed by atoms with van der Waals surface area (Å²) in [6.07, 6.45) is -4.44. The molecule has 0 bridgehead atoms. The van der Waals surface area contributed by atoms with Gasteiger partial charge in [0, 0.05) is 13.6 Å². The number of nitrogens with one attached hydrogen (secondary N) is 1. The molecule has 0 spiro atoms. The van der Waals surface area contributed by atoms with Crippen molar-refractivity contribution in [3.05, 3.63) is 4.88 Å². The fourth-order valence-electron chi connectivity index (χ4n) is 1.37. The number of nitrogens with zero attached hydrogens (tertiary/aromatic N) is 2. The van der Waals surface area contributed by atoms with Crippen molar-refractivity contribution in [3.63, 3.8) is 0 Å². The van der Waals surface area contributed by atoms with E-state index < -0.39 is 18.6 Å². The summed E-state index contributed by atoms with van der Waals surface area (Å²) in [6, 6.07) is 0. The first-order chi connectivity index (χ1) is 9.10. The molecule has 0 aromatic carbocycles. The molecule has 114 valence electrons.